The maximum atomic E-state index is 11.6. The Hall–Kier alpha value is -1.32. The average molecular weight is 223 g/mol. The van der Waals surface area contributed by atoms with E-state index in [1.165, 1.54) is 0 Å². The Morgan fingerprint density at radius 2 is 2.31 bits per heavy atom. The van der Waals surface area contributed by atoms with Gasteiger partial charge in [0.05, 0.1) is 6.20 Å². The van der Waals surface area contributed by atoms with Gasteiger partial charge in [-0.2, -0.15) is 5.10 Å². The van der Waals surface area contributed by atoms with Gasteiger partial charge in [-0.1, -0.05) is 6.92 Å². The fraction of sp³-hybridized carbons (Fsp3) is 0.667. The molecule has 0 aromatic carbocycles. The highest BCUT2D eigenvalue weighted by Gasteiger charge is 2.08. The summed E-state index contributed by atoms with van der Waals surface area (Å²) in [7, 11) is 1.91. The fourth-order valence-electron chi connectivity index (χ4n) is 1.49. The average Bonchev–Trinajstić information content (AvgIpc) is 2.57. The van der Waals surface area contributed by atoms with Gasteiger partial charge in [0, 0.05) is 25.2 Å². The van der Waals surface area contributed by atoms with E-state index in [1.807, 2.05) is 31.8 Å². The first-order valence-electron chi connectivity index (χ1n) is 5.81. The van der Waals surface area contributed by atoms with E-state index < -0.39 is 0 Å². The number of hydrogen-bond donors (Lipinski definition) is 1. The predicted octanol–water partition coefficient (Wildman–Crippen LogP) is 1.58. The number of carbonyl (C=O) groups is 1. The summed E-state index contributed by atoms with van der Waals surface area (Å²) in [5, 5.41) is 7.12. The number of aromatic nitrogens is 2. The van der Waals surface area contributed by atoms with Crippen LogP contribution in [-0.2, 0) is 18.3 Å². The van der Waals surface area contributed by atoms with Crippen molar-refractivity contribution in [3.05, 3.63) is 17.5 Å². The van der Waals surface area contributed by atoms with Gasteiger partial charge in [-0.3, -0.25) is 9.48 Å². The van der Waals surface area contributed by atoms with Crippen LogP contribution in [0.15, 0.2) is 6.20 Å². The van der Waals surface area contributed by atoms with Crippen LogP contribution in [0.25, 0.3) is 0 Å². The van der Waals surface area contributed by atoms with E-state index in [0.717, 1.165) is 24.1 Å². The highest BCUT2D eigenvalue weighted by molar-refractivity contribution is 5.76. The van der Waals surface area contributed by atoms with Crippen molar-refractivity contribution in [1.82, 2.24) is 15.1 Å². The van der Waals surface area contributed by atoms with Crippen molar-refractivity contribution in [2.45, 2.75) is 46.1 Å². The summed E-state index contributed by atoms with van der Waals surface area (Å²) in [6.45, 7) is 6.11. The first-order valence-corrected chi connectivity index (χ1v) is 5.81. The van der Waals surface area contributed by atoms with E-state index in [4.69, 9.17) is 0 Å². The van der Waals surface area contributed by atoms with Crippen molar-refractivity contribution >= 4 is 5.91 Å². The smallest absolute Gasteiger partial charge is 0.220 e. The molecule has 1 N–H and O–H groups in total. The SMILES string of the molecule is CC[C@@H](C)NC(=O)CCc1cnn(C)c1C. The van der Waals surface area contributed by atoms with Gasteiger partial charge in [0.2, 0.25) is 5.91 Å². The second kappa shape index (κ2) is 5.68. The Morgan fingerprint density at radius 1 is 1.62 bits per heavy atom. The van der Waals surface area contributed by atoms with Gasteiger partial charge in [-0.25, -0.2) is 0 Å². The zero-order valence-electron chi connectivity index (χ0n) is 10.6. The Morgan fingerprint density at radius 3 is 2.81 bits per heavy atom. The molecular weight excluding hydrogens is 202 g/mol. The number of hydrogen-bond acceptors (Lipinski definition) is 2. The molecule has 0 saturated heterocycles. The fourth-order valence-corrected chi connectivity index (χ4v) is 1.49. The predicted molar refractivity (Wildman–Crippen MR) is 64.2 cm³/mol. The van der Waals surface area contributed by atoms with Crippen LogP contribution in [0.5, 0.6) is 0 Å². The molecule has 0 aliphatic heterocycles. The van der Waals surface area contributed by atoms with E-state index in [9.17, 15) is 4.79 Å². The van der Waals surface area contributed by atoms with Gasteiger partial charge < -0.3 is 5.32 Å². The summed E-state index contributed by atoms with van der Waals surface area (Å²) in [6.07, 6.45) is 4.11. The van der Waals surface area contributed by atoms with Crippen LogP contribution in [0.2, 0.25) is 0 Å². The molecule has 4 heteroatoms. The molecule has 0 unspecified atom stereocenters. The standard InChI is InChI=1S/C12H21N3O/c1-5-9(2)14-12(16)7-6-11-8-13-15(4)10(11)3/h8-9H,5-7H2,1-4H3,(H,14,16)/t9-/m1/s1. The lowest BCUT2D eigenvalue weighted by molar-refractivity contribution is -0.121. The highest BCUT2D eigenvalue weighted by atomic mass is 16.1. The van der Waals surface area contributed by atoms with Gasteiger partial charge in [0.25, 0.3) is 0 Å². The van der Waals surface area contributed by atoms with Gasteiger partial charge in [0.15, 0.2) is 0 Å². The number of aryl methyl sites for hydroxylation is 2. The summed E-state index contributed by atoms with van der Waals surface area (Å²) >= 11 is 0. The number of amides is 1. The maximum Gasteiger partial charge on any atom is 0.220 e. The van der Waals surface area contributed by atoms with Crippen LogP contribution in [0.4, 0.5) is 0 Å². The minimum atomic E-state index is 0.123. The Balaban J connectivity index is 2.40. The molecule has 1 aromatic heterocycles. The lowest BCUT2D eigenvalue weighted by atomic mass is 10.1. The van der Waals surface area contributed by atoms with E-state index >= 15 is 0 Å². The highest BCUT2D eigenvalue weighted by Crippen LogP contribution is 2.08. The van der Waals surface area contributed by atoms with Crippen LogP contribution in [0, 0.1) is 6.92 Å². The summed E-state index contributed by atoms with van der Waals surface area (Å²) in [6, 6.07) is 0.266. The molecule has 1 atom stereocenters. The van der Waals surface area contributed by atoms with E-state index in [0.29, 0.717) is 6.42 Å². The zero-order chi connectivity index (χ0) is 12.1. The van der Waals surface area contributed by atoms with Crippen LogP contribution in [0.3, 0.4) is 0 Å². The largest absolute Gasteiger partial charge is 0.354 e. The molecule has 0 saturated carbocycles. The molecule has 1 heterocycles. The topological polar surface area (TPSA) is 46.9 Å². The molecule has 0 radical (unpaired) electrons. The van der Waals surface area contributed by atoms with E-state index in [-0.39, 0.29) is 11.9 Å². The third-order valence-corrected chi connectivity index (χ3v) is 2.98. The Kier molecular flexibility index (Phi) is 4.52. The summed E-state index contributed by atoms with van der Waals surface area (Å²) < 4.78 is 1.84. The summed E-state index contributed by atoms with van der Waals surface area (Å²) in [5.74, 6) is 0.123. The quantitative estimate of drug-likeness (QED) is 0.823. The van der Waals surface area contributed by atoms with Crippen molar-refractivity contribution < 1.29 is 4.79 Å². The zero-order valence-corrected chi connectivity index (χ0v) is 10.6. The summed E-state index contributed by atoms with van der Waals surface area (Å²) in [5.41, 5.74) is 2.29. The molecule has 16 heavy (non-hydrogen) atoms. The first kappa shape index (κ1) is 12.7. The molecule has 0 spiro atoms. The maximum absolute atomic E-state index is 11.6. The molecule has 1 rings (SSSR count). The first-order chi connectivity index (χ1) is 7.54. The monoisotopic (exact) mass is 223 g/mol. The Labute approximate surface area is 97.0 Å². The number of nitrogens with one attached hydrogen (secondary N) is 1. The van der Waals surface area contributed by atoms with E-state index in [1.54, 1.807) is 0 Å². The molecule has 0 fully saturated rings. The summed E-state index contributed by atoms with van der Waals surface area (Å²) in [4.78, 5) is 11.6. The van der Waals surface area contributed by atoms with Crippen molar-refractivity contribution in [2.24, 2.45) is 7.05 Å². The van der Waals surface area contributed by atoms with Crippen LogP contribution in [0.1, 0.15) is 37.9 Å². The molecular formula is C12H21N3O. The van der Waals surface area contributed by atoms with Crippen molar-refractivity contribution in [3.63, 3.8) is 0 Å². The minimum Gasteiger partial charge on any atom is -0.354 e. The molecule has 1 amide bonds. The third kappa shape index (κ3) is 3.36. The molecule has 1 aromatic rings. The van der Waals surface area contributed by atoms with Gasteiger partial charge in [0.1, 0.15) is 0 Å². The van der Waals surface area contributed by atoms with Crippen molar-refractivity contribution in [2.75, 3.05) is 0 Å². The van der Waals surface area contributed by atoms with Gasteiger partial charge >= 0.3 is 0 Å². The van der Waals surface area contributed by atoms with Crippen LogP contribution in [-0.4, -0.2) is 21.7 Å². The Bertz CT molecular complexity index is 357. The molecule has 90 valence electrons. The van der Waals surface area contributed by atoms with Gasteiger partial charge in [-0.05, 0) is 32.3 Å². The lowest BCUT2D eigenvalue weighted by Crippen LogP contribution is -2.32. The number of rotatable bonds is 5. The second-order valence-corrected chi connectivity index (χ2v) is 4.26. The van der Waals surface area contributed by atoms with Crippen molar-refractivity contribution in [1.29, 1.82) is 0 Å². The molecule has 0 aliphatic rings. The number of nitrogens with zero attached hydrogens (tertiary/aromatic N) is 2. The number of carbonyl (C=O) groups excluding carboxylic acids is 1. The van der Waals surface area contributed by atoms with Crippen LogP contribution < -0.4 is 5.32 Å². The van der Waals surface area contributed by atoms with Gasteiger partial charge in [-0.15, -0.1) is 0 Å². The van der Waals surface area contributed by atoms with Crippen LogP contribution >= 0.6 is 0 Å². The third-order valence-electron chi connectivity index (χ3n) is 2.98. The molecule has 0 bridgehead atoms. The van der Waals surface area contributed by atoms with E-state index in [2.05, 4.69) is 17.3 Å². The second-order valence-electron chi connectivity index (χ2n) is 4.26. The normalized spacial score (nSPS) is 12.5. The molecule has 0 aliphatic carbocycles. The molecule has 4 nitrogen and oxygen atoms in total. The lowest BCUT2D eigenvalue weighted by Gasteiger charge is -2.10. The van der Waals surface area contributed by atoms with Crippen molar-refractivity contribution in [3.8, 4) is 0 Å². The minimum absolute atomic E-state index is 0.123.